The van der Waals surface area contributed by atoms with E-state index in [0.717, 1.165) is 47.0 Å². The molecule has 0 bridgehead atoms. The molecule has 0 radical (unpaired) electrons. The monoisotopic (exact) mass is 400 g/mol. The number of hydrogen-bond donors (Lipinski definition) is 1. The number of benzene rings is 1. The highest BCUT2D eigenvalue weighted by Gasteiger charge is 2.23. The van der Waals surface area contributed by atoms with Crippen molar-refractivity contribution in [3.63, 3.8) is 0 Å². The predicted molar refractivity (Wildman–Crippen MR) is 101 cm³/mol. The van der Waals surface area contributed by atoms with Crippen molar-refractivity contribution >= 4 is 32.5 Å². The Hall–Kier alpha value is -2.41. The minimum Gasteiger partial charge on any atom is -0.369 e. The van der Waals surface area contributed by atoms with Gasteiger partial charge in [0, 0.05) is 47.1 Å². The molecule has 3 heterocycles. The van der Waals surface area contributed by atoms with E-state index in [4.69, 9.17) is 0 Å². The van der Waals surface area contributed by atoms with Crippen LogP contribution < -0.4 is 16.1 Å². The van der Waals surface area contributed by atoms with Gasteiger partial charge >= 0.3 is 5.69 Å². The third-order valence-electron chi connectivity index (χ3n) is 4.66. The van der Waals surface area contributed by atoms with E-state index in [2.05, 4.69) is 36.9 Å². The summed E-state index contributed by atoms with van der Waals surface area (Å²) in [6, 6.07) is 9.52. The minimum absolute atomic E-state index is 0.0356. The summed E-state index contributed by atoms with van der Waals surface area (Å²) >= 11 is 3.53. The first-order valence-electron chi connectivity index (χ1n) is 8.22. The van der Waals surface area contributed by atoms with Crippen LogP contribution in [0.5, 0.6) is 0 Å². The Morgan fingerprint density at radius 1 is 1.20 bits per heavy atom. The Morgan fingerprint density at radius 2 is 2.08 bits per heavy atom. The van der Waals surface area contributed by atoms with Gasteiger partial charge in [0.2, 0.25) is 0 Å². The first-order chi connectivity index (χ1) is 12.1. The molecule has 7 heteroatoms. The fraction of sp³-hybridized carbons (Fsp3) is 0.278. The molecule has 6 nitrogen and oxygen atoms in total. The van der Waals surface area contributed by atoms with E-state index in [1.165, 1.54) is 6.07 Å². The first-order valence-corrected chi connectivity index (χ1v) is 9.02. The summed E-state index contributed by atoms with van der Waals surface area (Å²) < 4.78 is 2.65. The standard InChI is InChI=1S/C18H17BrN4O2/c19-12-3-4-15-14(10-12)16(5-7-20-15)22-8-1-2-13(11-22)23-9-6-17(24)21-18(23)25/h3-7,9-10,13H,1-2,8,11H2,(H,21,24,25). The van der Waals surface area contributed by atoms with E-state index in [1.807, 2.05) is 24.4 Å². The molecular formula is C18H17BrN4O2. The molecule has 0 aliphatic carbocycles. The molecule has 128 valence electrons. The molecule has 1 aliphatic heterocycles. The average molecular weight is 401 g/mol. The van der Waals surface area contributed by atoms with Crippen molar-refractivity contribution in [2.75, 3.05) is 18.0 Å². The zero-order chi connectivity index (χ0) is 17.4. The third kappa shape index (κ3) is 3.11. The highest BCUT2D eigenvalue weighted by atomic mass is 79.9. The van der Waals surface area contributed by atoms with Gasteiger partial charge in [0.15, 0.2) is 0 Å². The van der Waals surface area contributed by atoms with Crippen molar-refractivity contribution in [2.45, 2.75) is 18.9 Å². The van der Waals surface area contributed by atoms with Crippen molar-refractivity contribution < 1.29 is 0 Å². The molecule has 1 unspecified atom stereocenters. The van der Waals surface area contributed by atoms with Crippen LogP contribution in [0.1, 0.15) is 18.9 Å². The second-order valence-electron chi connectivity index (χ2n) is 6.25. The van der Waals surface area contributed by atoms with E-state index in [0.29, 0.717) is 0 Å². The number of anilines is 1. The van der Waals surface area contributed by atoms with Gasteiger partial charge in [-0.2, -0.15) is 0 Å². The molecule has 25 heavy (non-hydrogen) atoms. The number of hydrogen-bond acceptors (Lipinski definition) is 4. The first kappa shape index (κ1) is 16.1. The molecule has 1 aliphatic rings. The number of piperidine rings is 1. The average Bonchev–Trinajstić information content (AvgIpc) is 2.61. The van der Waals surface area contributed by atoms with Crippen LogP contribution in [0.4, 0.5) is 5.69 Å². The molecule has 2 aromatic heterocycles. The zero-order valence-electron chi connectivity index (χ0n) is 13.5. The lowest BCUT2D eigenvalue weighted by Gasteiger charge is -2.35. The van der Waals surface area contributed by atoms with Gasteiger partial charge in [0.1, 0.15) is 0 Å². The number of aromatic nitrogens is 3. The van der Waals surface area contributed by atoms with Crippen LogP contribution in [0.15, 0.2) is 56.8 Å². The molecular weight excluding hydrogens is 384 g/mol. The lowest BCUT2D eigenvalue weighted by atomic mass is 10.0. The molecule has 1 atom stereocenters. The van der Waals surface area contributed by atoms with Crippen LogP contribution in [-0.4, -0.2) is 27.6 Å². The lowest BCUT2D eigenvalue weighted by Crippen LogP contribution is -2.41. The van der Waals surface area contributed by atoms with E-state index in [1.54, 1.807) is 10.8 Å². The summed E-state index contributed by atoms with van der Waals surface area (Å²) in [5, 5.41) is 1.09. The quantitative estimate of drug-likeness (QED) is 0.717. The van der Waals surface area contributed by atoms with Crippen molar-refractivity contribution in [1.82, 2.24) is 14.5 Å². The van der Waals surface area contributed by atoms with E-state index < -0.39 is 0 Å². The van der Waals surface area contributed by atoms with Gasteiger partial charge in [-0.15, -0.1) is 0 Å². The van der Waals surface area contributed by atoms with Gasteiger partial charge < -0.3 is 4.90 Å². The number of pyridine rings is 1. The normalized spacial score (nSPS) is 17.8. The van der Waals surface area contributed by atoms with E-state index >= 15 is 0 Å². The van der Waals surface area contributed by atoms with Crippen LogP contribution in [0.25, 0.3) is 10.9 Å². The summed E-state index contributed by atoms with van der Waals surface area (Å²) in [6.07, 6.45) is 5.31. The molecule has 3 aromatic rings. The number of fused-ring (bicyclic) bond motifs is 1. The molecule has 0 spiro atoms. The highest BCUT2D eigenvalue weighted by molar-refractivity contribution is 9.10. The van der Waals surface area contributed by atoms with E-state index in [-0.39, 0.29) is 17.3 Å². The summed E-state index contributed by atoms with van der Waals surface area (Å²) in [4.78, 5) is 32.5. The Morgan fingerprint density at radius 3 is 2.92 bits per heavy atom. The summed E-state index contributed by atoms with van der Waals surface area (Å²) in [6.45, 7) is 1.65. The second kappa shape index (κ2) is 6.48. The van der Waals surface area contributed by atoms with Crippen LogP contribution in [0.2, 0.25) is 0 Å². The summed E-state index contributed by atoms with van der Waals surface area (Å²) in [7, 11) is 0. The van der Waals surface area contributed by atoms with Crippen molar-refractivity contribution in [3.8, 4) is 0 Å². The summed E-state index contributed by atoms with van der Waals surface area (Å²) in [5.41, 5.74) is 1.36. The number of nitrogens with zero attached hydrogens (tertiary/aromatic N) is 3. The van der Waals surface area contributed by atoms with Gasteiger partial charge in [-0.1, -0.05) is 15.9 Å². The molecule has 0 saturated carbocycles. The number of aromatic amines is 1. The number of H-pyrrole nitrogens is 1. The zero-order valence-corrected chi connectivity index (χ0v) is 15.1. The smallest absolute Gasteiger partial charge is 0.328 e. The van der Waals surface area contributed by atoms with Gasteiger partial charge in [-0.05, 0) is 37.1 Å². The minimum atomic E-state index is -0.362. The van der Waals surface area contributed by atoms with Crippen LogP contribution in [0, 0.1) is 0 Å². The molecule has 1 aromatic carbocycles. The van der Waals surface area contributed by atoms with Gasteiger partial charge in [0.05, 0.1) is 11.6 Å². The predicted octanol–water partition coefficient (Wildman–Crippen LogP) is 2.69. The van der Waals surface area contributed by atoms with Gasteiger partial charge in [0.25, 0.3) is 5.56 Å². The number of rotatable bonds is 2. The van der Waals surface area contributed by atoms with Crippen LogP contribution in [-0.2, 0) is 0 Å². The summed E-state index contributed by atoms with van der Waals surface area (Å²) in [5.74, 6) is 0. The highest BCUT2D eigenvalue weighted by Crippen LogP contribution is 2.31. The lowest BCUT2D eigenvalue weighted by molar-refractivity contribution is 0.391. The maximum atomic E-state index is 12.1. The van der Waals surface area contributed by atoms with Crippen molar-refractivity contribution in [2.24, 2.45) is 0 Å². The van der Waals surface area contributed by atoms with E-state index in [9.17, 15) is 9.59 Å². The Bertz CT molecular complexity index is 1040. The van der Waals surface area contributed by atoms with Crippen molar-refractivity contribution in [1.29, 1.82) is 0 Å². The third-order valence-corrected chi connectivity index (χ3v) is 5.16. The Labute approximate surface area is 152 Å². The SMILES string of the molecule is O=c1ccn(C2CCCN(c3ccnc4ccc(Br)cc34)C2)c(=O)[nH]1. The maximum absolute atomic E-state index is 12.1. The number of halogens is 1. The van der Waals surface area contributed by atoms with Crippen molar-refractivity contribution in [3.05, 3.63) is 68.0 Å². The molecule has 1 fully saturated rings. The van der Waals surface area contributed by atoms with Gasteiger partial charge in [-0.25, -0.2) is 4.79 Å². The van der Waals surface area contributed by atoms with Crippen LogP contribution >= 0.6 is 15.9 Å². The Balaban J connectivity index is 1.71. The fourth-order valence-corrected chi connectivity index (χ4v) is 3.86. The molecule has 4 rings (SSSR count). The van der Waals surface area contributed by atoms with Gasteiger partial charge in [-0.3, -0.25) is 19.3 Å². The second-order valence-corrected chi connectivity index (χ2v) is 7.17. The fourth-order valence-electron chi connectivity index (χ4n) is 3.50. The molecule has 1 saturated heterocycles. The maximum Gasteiger partial charge on any atom is 0.328 e. The Kier molecular flexibility index (Phi) is 4.17. The van der Waals surface area contributed by atoms with Crippen LogP contribution in [0.3, 0.4) is 0 Å². The molecule has 1 N–H and O–H groups in total. The topological polar surface area (TPSA) is 71.0 Å². The largest absolute Gasteiger partial charge is 0.369 e. The number of nitrogens with one attached hydrogen (secondary N) is 1. The molecule has 0 amide bonds.